The van der Waals surface area contributed by atoms with Crippen molar-refractivity contribution in [1.82, 2.24) is 10.6 Å². The number of anilines is 1. The second-order valence-corrected chi connectivity index (χ2v) is 8.21. The summed E-state index contributed by atoms with van der Waals surface area (Å²) in [6.07, 6.45) is 4.33. The van der Waals surface area contributed by atoms with Crippen LogP contribution in [0.3, 0.4) is 0 Å². The monoisotopic (exact) mass is 422 g/mol. The molecule has 7 heteroatoms. The summed E-state index contributed by atoms with van der Waals surface area (Å²) in [7, 11) is 0. The van der Waals surface area contributed by atoms with Crippen molar-refractivity contribution in [2.45, 2.75) is 38.6 Å². The molecule has 0 radical (unpaired) electrons. The molecular weight excluding hydrogens is 388 g/mol. The zero-order chi connectivity index (χ0) is 20.3. The highest BCUT2D eigenvalue weighted by Gasteiger charge is 2.22. The number of guanidine groups is 1. The van der Waals surface area contributed by atoms with Crippen molar-refractivity contribution in [3.63, 3.8) is 0 Å². The second kappa shape index (κ2) is 12.3. The lowest BCUT2D eigenvalue weighted by atomic mass is 10.0. The summed E-state index contributed by atoms with van der Waals surface area (Å²) in [5.41, 5.74) is 1.12. The van der Waals surface area contributed by atoms with Gasteiger partial charge in [-0.15, -0.1) is 0 Å². The zero-order valence-electron chi connectivity index (χ0n) is 17.5. The van der Waals surface area contributed by atoms with E-state index in [1.165, 1.54) is 0 Å². The van der Waals surface area contributed by atoms with Gasteiger partial charge in [0, 0.05) is 51.4 Å². The number of hydrogen-bond donors (Lipinski definition) is 2. The average Bonchev–Trinajstić information content (AvgIpc) is 3.25. The molecule has 1 aromatic carbocycles. The Morgan fingerprint density at radius 1 is 1.34 bits per heavy atom. The van der Waals surface area contributed by atoms with Crippen LogP contribution >= 0.6 is 11.6 Å². The number of nitrogens with zero attached hydrogens (tertiary/aromatic N) is 2. The van der Waals surface area contributed by atoms with E-state index in [1.54, 1.807) is 0 Å². The molecule has 2 aliphatic heterocycles. The van der Waals surface area contributed by atoms with E-state index in [-0.39, 0.29) is 0 Å². The highest BCUT2D eigenvalue weighted by molar-refractivity contribution is 6.33. The lowest BCUT2D eigenvalue weighted by Gasteiger charge is -2.35. The van der Waals surface area contributed by atoms with Crippen molar-refractivity contribution < 1.29 is 9.47 Å². The van der Waals surface area contributed by atoms with Crippen LogP contribution in [0.1, 0.15) is 32.6 Å². The molecule has 2 aliphatic rings. The Hall–Kier alpha value is -1.50. The molecule has 29 heavy (non-hydrogen) atoms. The zero-order valence-corrected chi connectivity index (χ0v) is 18.3. The van der Waals surface area contributed by atoms with Crippen molar-refractivity contribution in [1.29, 1.82) is 0 Å². The summed E-state index contributed by atoms with van der Waals surface area (Å²) in [4.78, 5) is 7.11. The molecule has 2 fully saturated rings. The Morgan fingerprint density at radius 2 is 2.24 bits per heavy atom. The van der Waals surface area contributed by atoms with Crippen LogP contribution in [0, 0.1) is 5.92 Å². The molecule has 3 rings (SSSR count). The maximum Gasteiger partial charge on any atom is 0.191 e. The highest BCUT2D eigenvalue weighted by atomic mass is 35.5. The van der Waals surface area contributed by atoms with Crippen LogP contribution in [-0.4, -0.2) is 64.6 Å². The first kappa shape index (κ1) is 22.2. The van der Waals surface area contributed by atoms with Crippen molar-refractivity contribution in [2.75, 3.05) is 57.5 Å². The summed E-state index contributed by atoms with van der Waals surface area (Å²) in [5, 5.41) is 7.79. The first-order valence-corrected chi connectivity index (χ1v) is 11.3. The van der Waals surface area contributed by atoms with Gasteiger partial charge < -0.3 is 25.0 Å². The van der Waals surface area contributed by atoms with E-state index in [1.807, 2.05) is 18.2 Å². The van der Waals surface area contributed by atoms with E-state index < -0.39 is 0 Å². The van der Waals surface area contributed by atoms with Gasteiger partial charge in [0.1, 0.15) is 0 Å². The minimum Gasteiger partial charge on any atom is -0.381 e. The predicted octanol–water partition coefficient (Wildman–Crippen LogP) is 3.31. The Balaban J connectivity index is 1.42. The largest absolute Gasteiger partial charge is 0.381 e. The molecule has 2 unspecified atom stereocenters. The Labute approximate surface area is 180 Å². The molecule has 162 valence electrons. The summed E-state index contributed by atoms with van der Waals surface area (Å²) >= 11 is 6.40. The molecule has 0 spiro atoms. The first-order chi connectivity index (χ1) is 14.3. The van der Waals surface area contributed by atoms with Crippen molar-refractivity contribution in [3.05, 3.63) is 29.3 Å². The summed E-state index contributed by atoms with van der Waals surface area (Å²) < 4.78 is 11.2. The molecule has 0 aromatic heterocycles. The highest BCUT2D eigenvalue weighted by Crippen LogP contribution is 2.27. The fraction of sp³-hybridized carbons (Fsp3) is 0.682. The fourth-order valence-electron chi connectivity index (χ4n) is 3.86. The van der Waals surface area contributed by atoms with Gasteiger partial charge in [0.15, 0.2) is 5.96 Å². The van der Waals surface area contributed by atoms with Crippen LogP contribution in [0.15, 0.2) is 29.3 Å². The van der Waals surface area contributed by atoms with Gasteiger partial charge >= 0.3 is 0 Å². The van der Waals surface area contributed by atoms with Crippen LogP contribution in [0.5, 0.6) is 0 Å². The van der Waals surface area contributed by atoms with Crippen molar-refractivity contribution >= 4 is 23.2 Å². The van der Waals surface area contributed by atoms with Gasteiger partial charge in [-0.3, -0.25) is 4.99 Å². The van der Waals surface area contributed by atoms with E-state index in [2.05, 4.69) is 28.5 Å². The molecule has 2 atom stereocenters. The van der Waals surface area contributed by atoms with Crippen LogP contribution < -0.4 is 15.5 Å². The summed E-state index contributed by atoms with van der Waals surface area (Å²) in [5.74, 6) is 1.47. The molecule has 2 saturated heterocycles. The van der Waals surface area contributed by atoms with E-state index >= 15 is 0 Å². The van der Waals surface area contributed by atoms with Gasteiger partial charge in [0.25, 0.3) is 0 Å². The third kappa shape index (κ3) is 7.36. The fourth-order valence-corrected chi connectivity index (χ4v) is 4.11. The second-order valence-electron chi connectivity index (χ2n) is 7.80. The number of aliphatic imine (C=N–C) groups is 1. The number of para-hydroxylation sites is 1. The van der Waals surface area contributed by atoms with Gasteiger partial charge in [-0.05, 0) is 44.7 Å². The van der Waals surface area contributed by atoms with Crippen LogP contribution in [-0.2, 0) is 9.47 Å². The van der Waals surface area contributed by atoms with E-state index in [4.69, 9.17) is 26.1 Å². The Bertz CT molecular complexity index is 637. The van der Waals surface area contributed by atoms with Gasteiger partial charge in [-0.1, -0.05) is 23.7 Å². The number of ether oxygens (including phenoxy) is 2. The molecule has 2 heterocycles. The van der Waals surface area contributed by atoms with Gasteiger partial charge in [-0.25, -0.2) is 0 Å². The number of rotatable bonds is 9. The van der Waals surface area contributed by atoms with Gasteiger partial charge in [-0.2, -0.15) is 0 Å². The number of nitrogens with one attached hydrogen (secondary N) is 2. The van der Waals surface area contributed by atoms with Crippen LogP contribution in [0.2, 0.25) is 5.02 Å². The van der Waals surface area contributed by atoms with Gasteiger partial charge in [0.05, 0.1) is 23.9 Å². The molecule has 0 saturated carbocycles. The summed E-state index contributed by atoms with van der Waals surface area (Å²) in [6, 6.07) is 8.44. The first-order valence-electron chi connectivity index (χ1n) is 11.0. The number of benzene rings is 1. The SMILES string of the molecule is CCNC(=NCCCOCC1CCOC1)NC1CCCN(c2ccccc2Cl)C1. The van der Waals surface area contributed by atoms with E-state index in [0.717, 1.165) is 95.0 Å². The van der Waals surface area contributed by atoms with Gasteiger partial charge in [0.2, 0.25) is 0 Å². The standard InChI is InChI=1S/C22H35ClN4O2/c1-2-24-22(25-11-6-13-28-16-18-10-14-29-17-18)26-19-7-5-12-27(15-19)21-9-4-3-8-20(21)23/h3-4,8-9,18-19H,2,5-7,10-17H2,1H3,(H2,24,25,26). The number of piperidine rings is 1. The smallest absolute Gasteiger partial charge is 0.191 e. The Kier molecular flexibility index (Phi) is 9.38. The maximum absolute atomic E-state index is 6.40. The minimum atomic E-state index is 0.358. The molecule has 1 aromatic rings. The lowest BCUT2D eigenvalue weighted by molar-refractivity contribution is 0.0893. The molecule has 2 N–H and O–H groups in total. The van der Waals surface area contributed by atoms with E-state index in [9.17, 15) is 0 Å². The predicted molar refractivity (Wildman–Crippen MR) is 120 cm³/mol. The van der Waals surface area contributed by atoms with Crippen molar-refractivity contribution in [3.8, 4) is 0 Å². The Morgan fingerprint density at radius 3 is 3.03 bits per heavy atom. The van der Waals surface area contributed by atoms with Crippen LogP contribution in [0.4, 0.5) is 5.69 Å². The molecular formula is C22H35ClN4O2. The number of hydrogen-bond acceptors (Lipinski definition) is 4. The molecule has 6 nitrogen and oxygen atoms in total. The minimum absolute atomic E-state index is 0.358. The lowest BCUT2D eigenvalue weighted by Crippen LogP contribution is -2.51. The topological polar surface area (TPSA) is 58.1 Å². The molecule has 0 amide bonds. The molecule has 0 aliphatic carbocycles. The normalized spacial score (nSPS) is 22.7. The third-order valence-corrected chi connectivity index (χ3v) is 5.71. The summed E-state index contributed by atoms with van der Waals surface area (Å²) in [6.45, 7) is 8.97. The maximum atomic E-state index is 6.40. The van der Waals surface area contributed by atoms with Crippen molar-refractivity contribution in [2.24, 2.45) is 10.9 Å². The quantitative estimate of drug-likeness (QED) is 0.363. The molecule has 0 bridgehead atoms. The van der Waals surface area contributed by atoms with Crippen LogP contribution in [0.25, 0.3) is 0 Å². The third-order valence-electron chi connectivity index (χ3n) is 5.39. The van der Waals surface area contributed by atoms with E-state index in [0.29, 0.717) is 12.0 Å². The average molecular weight is 423 g/mol. The number of halogens is 1.